The zero-order valence-corrected chi connectivity index (χ0v) is 5.01. The van der Waals surface area contributed by atoms with E-state index in [-0.39, 0.29) is 0 Å². The van der Waals surface area contributed by atoms with E-state index in [0.29, 0.717) is 5.57 Å². The summed E-state index contributed by atoms with van der Waals surface area (Å²) in [5, 5.41) is 8.22. The van der Waals surface area contributed by atoms with Gasteiger partial charge in [-0.05, 0) is 13.3 Å². The number of hydrogen-bond donors (Lipinski definition) is 1. The highest BCUT2D eigenvalue weighted by atomic mass is 16.4. The summed E-state index contributed by atoms with van der Waals surface area (Å²) in [6.45, 7) is 3.34. The Kier molecular flexibility index (Phi) is 2.92. The lowest BCUT2D eigenvalue weighted by Crippen LogP contribution is -1.94. The van der Waals surface area contributed by atoms with Crippen molar-refractivity contribution in [1.29, 1.82) is 0 Å². The van der Waals surface area contributed by atoms with Crippen LogP contribution in [0.2, 0.25) is 0 Å². The van der Waals surface area contributed by atoms with Crippen LogP contribution >= 0.6 is 0 Å². The molecule has 0 aromatic heterocycles. The molecule has 0 aliphatic heterocycles. The second-order valence-corrected chi connectivity index (χ2v) is 1.49. The molecule has 0 aromatic carbocycles. The Balaban J connectivity index is 3.80. The second kappa shape index (κ2) is 3.24. The molecule has 0 heterocycles. The number of rotatable bonds is 2. The molecule has 0 rings (SSSR count). The Labute approximate surface area is 48.8 Å². The van der Waals surface area contributed by atoms with E-state index in [1.165, 1.54) is 0 Å². The summed E-state index contributed by atoms with van der Waals surface area (Å²) in [6.07, 6.45) is 3.26. The van der Waals surface area contributed by atoms with Crippen molar-refractivity contribution in [3.8, 4) is 0 Å². The lowest BCUT2D eigenvalue weighted by molar-refractivity contribution is -0.132. The molecule has 1 N–H and O–H groups in total. The standard InChI is InChI=1S/C6H9O2/c1-3-4-5(2)6(7)8/h3-4H,1-2H3,(H,7,8). The van der Waals surface area contributed by atoms with Crippen LogP contribution in [0.3, 0.4) is 0 Å². The van der Waals surface area contributed by atoms with Gasteiger partial charge in [0.2, 0.25) is 0 Å². The molecule has 0 aromatic rings. The first-order chi connectivity index (χ1) is 3.68. The van der Waals surface area contributed by atoms with Crippen LogP contribution in [0.25, 0.3) is 0 Å². The van der Waals surface area contributed by atoms with Crippen LogP contribution in [-0.4, -0.2) is 11.1 Å². The summed E-state index contributed by atoms with van der Waals surface area (Å²) in [4.78, 5) is 10.0. The van der Waals surface area contributed by atoms with Crippen LogP contribution in [0.5, 0.6) is 0 Å². The van der Waals surface area contributed by atoms with Gasteiger partial charge in [-0.15, -0.1) is 0 Å². The van der Waals surface area contributed by atoms with Gasteiger partial charge in [-0.2, -0.15) is 0 Å². The SMILES string of the molecule is C[CH]C=C(C)C(=O)O. The fourth-order valence-corrected chi connectivity index (χ4v) is 0.321. The summed E-state index contributed by atoms with van der Waals surface area (Å²) < 4.78 is 0. The molecule has 8 heavy (non-hydrogen) atoms. The Hall–Kier alpha value is -0.790. The predicted molar refractivity (Wildman–Crippen MR) is 31.4 cm³/mol. The number of carboxylic acid groups (broad SMARTS) is 1. The fraction of sp³-hybridized carbons (Fsp3) is 0.333. The minimum absolute atomic E-state index is 0.368. The number of hydrogen-bond acceptors (Lipinski definition) is 1. The van der Waals surface area contributed by atoms with Crippen LogP contribution < -0.4 is 0 Å². The third-order valence-corrected chi connectivity index (χ3v) is 0.754. The van der Waals surface area contributed by atoms with Crippen LogP contribution in [0.1, 0.15) is 13.8 Å². The van der Waals surface area contributed by atoms with Crippen molar-refractivity contribution in [3.63, 3.8) is 0 Å². The molecule has 45 valence electrons. The second-order valence-electron chi connectivity index (χ2n) is 1.49. The Morgan fingerprint density at radius 2 is 2.12 bits per heavy atom. The molecule has 2 nitrogen and oxygen atoms in total. The summed E-state index contributed by atoms with van der Waals surface area (Å²) in [6, 6.07) is 0. The summed E-state index contributed by atoms with van der Waals surface area (Å²) in [5.74, 6) is -0.858. The third kappa shape index (κ3) is 2.39. The monoisotopic (exact) mass is 113 g/mol. The van der Waals surface area contributed by atoms with Crippen molar-refractivity contribution in [1.82, 2.24) is 0 Å². The lowest BCUT2D eigenvalue weighted by atomic mass is 10.2. The highest BCUT2D eigenvalue weighted by molar-refractivity contribution is 5.85. The molecule has 0 amide bonds. The molecule has 0 saturated heterocycles. The van der Waals surface area contributed by atoms with Crippen molar-refractivity contribution >= 4 is 5.97 Å². The topological polar surface area (TPSA) is 37.3 Å². The average Bonchev–Trinajstić information content (AvgIpc) is 1.67. The van der Waals surface area contributed by atoms with Gasteiger partial charge in [0.1, 0.15) is 0 Å². The molecule has 1 radical (unpaired) electrons. The molecule has 0 aliphatic rings. The van der Waals surface area contributed by atoms with E-state index < -0.39 is 5.97 Å². The summed E-state index contributed by atoms with van der Waals surface area (Å²) in [5.41, 5.74) is 0.368. The van der Waals surface area contributed by atoms with E-state index in [0.717, 1.165) is 0 Å². The molecule has 0 fully saturated rings. The largest absolute Gasteiger partial charge is 0.478 e. The van der Waals surface area contributed by atoms with E-state index in [1.807, 2.05) is 0 Å². The highest BCUT2D eigenvalue weighted by Crippen LogP contribution is 1.91. The van der Waals surface area contributed by atoms with Crippen LogP contribution in [0.15, 0.2) is 11.6 Å². The quantitative estimate of drug-likeness (QED) is 0.547. The number of aliphatic carboxylic acids is 1. The molecular formula is C6H9O2. The molecule has 0 atom stereocenters. The Morgan fingerprint density at radius 3 is 2.25 bits per heavy atom. The molecule has 0 saturated carbocycles. The van der Waals surface area contributed by atoms with Crippen LogP contribution in [0.4, 0.5) is 0 Å². The van der Waals surface area contributed by atoms with E-state index in [4.69, 9.17) is 5.11 Å². The van der Waals surface area contributed by atoms with Gasteiger partial charge < -0.3 is 5.11 Å². The van der Waals surface area contributed by atoms with Crippen molar-refractivity contribution in [3.05, 3.63) is 18.1 Å². The van der Waals surface area contributed by atoms with E-state index >= 15 is 0 Å². The average molecular weight is 113 g/mol. The van der Waals surface area contributed by atoms with E-state index in [1.54, 1.807) is 26.3 Å². The third-order valence-electron chi connectivity index (χ3n) is 0.754. The predicted octanol–water partition coefficient (Wildman–Crippen LogP) is 1.24. The molecule has 0 bridgehead atoms. The van der Waals surface area contributed by atoms with Gasteiger partial charge in [-0.1, -0.05) is 13.0 Å². The smallest absolute Gasteiger partial charge is 0.330 e. The zero-order valence-electron chi connectivity index (χ0n) is 5.01. The summed E-state index contributed by atoms with van der Waals surface area (Å²) in [7, 11) is 0. The van der Waals surface area contributed by atoms with Gasteiger partial charge in [-0.3, -0.25) is 0 Å². The maximum atomic E-state index is 10.0. The molecule has 2 heteroatoms. The molecular weight excluding hydrogens is 104 g/mol. The number of allylic oxidation sites excluding steroid dienone is 1. The first-order valence-corrected chi connectivity index (χ1v) is 2.38. The fourth-order valence-electron chi connectivity index (χ4n) is 0.321. The number of carboxylic acids is 1. The molecule has 0 unspecified atom stereocenters. The highest BCUT2D eigenvalue weighted by Gasteiger charge is 1.95. The maximum absolute atomic E-state index is 10.0. The van der Waals surface area contributed by atoms with E-state index in [2.05, 4.69) is 0 Å². The number of carbonyl (C=O) groups is 1. The first kappa shape index (κ1) is 7.21. The van der Waals surface area contributed by atoms with Crippen LogP contribution in [0, 0.1) is 6.42 Å². The Bertz CT molecular complexity index is 114. The van der Waals surface area contributed by atoms with Gasteiger partial charge in [0.05, 0.1) is 0 Å². The van der Waals surface area contributed by atoms with Gasteiger partial charge in [0, 0.05) is 5.57 Å². The minimum atomic E-state index is -0.858. The zero-order chi connectivity index (χ0) is 6.57. The van der Waals surface area contributed by atoms with Gasteiger partial charge >= 0.3 is 5.97 Å². The Morgan fingerprint density at radius 1 is 1.62 bits per heavy atom. The van der Waals surface area contributed by atoms with Crippen LogP contribution in [-0.2, 0) is 4.79 Å². The lowest BCUT2D eigenvalue weighted by Gasteiger charge is -1.86. The van der Waals surface area contributed by atoms with Gasteiger partial charge in [0.15, 0.2) is 0 Å². The minimum Gasteiger partial charge on any atom is -0.478 e. The normalized spacial score (nSPS) is 11.5. The molecule has 0 aliphatic carbocycles. The summed E-state index contributed by atoms with van der Waals surface area (Å²) >= 11 is 0. The first-order valence-electron chi connectivity index (χ1n) is 2.38. The molecule has 0 spiro atoms. The van der Waals surface area contributed by atoms with Crippen molar-refractivity contribution in [2.75, 3.05) is 0 Å². The van der Waals surface area contributed by atoms with Crippen molar-refractivity contribution in [2.24, 2.45) is 0 Å². The maximum Gasteiger partial charge on any atom is 0.330 e. The van der Waals surface area contributed by atoms with Crippen molar-refractivity contribution < 1.29 is 9.90 Å². The van der Waals surface area contributed by atoms with E-state index in [9.17, 15) is 4.79 Å². The van der Waals surface area contributed by atoms with Crippen molar-refractivity contribution in [2.45, 2.75) is 13.8 Å². The van der Waals surface area contributed by atoms with Gasteiger partial charge in [-0.25, -0.2) is 4.79 Å². The van der Waals surface area contributed by atoms with Gasteiger partial charge in [0.25, 0.3) is 0 Å².